The van der Waals surface area contributed by atoms with Gasteiger partial charge in [0.05, 0.1) is 19.3 Å². The number of ether oxygens (including phenoxy) is 3. The predicted molar refractivity (Wildman–Crippen MR) is 120 cm³/mol. The van der Waals surface area contributed by atoms with Gasteiger partial charge in [0.2, 0.25) is 0 Å². The zero-order valence-electron chi connectivity index (χ0n) is 16.5. The first-order valence-electron chi connectivity index (χ1n) is 9.02. The molecular formula is C20H22BrN3O5S. The first-order chi connectivity index (χ1) is 14.4. The van der Waals surface area contributed by atoms with Gasteiger partial charge in [-0.3, -0.25) is 25.8 Å². The van der Waals surface area contributed by atoms with Gasteiger partial charge in [-0.05, 0) is 61.1 Å². The molecule has 0 bridgehead atoms. The number of nitrogens with one attached hydrogen (secondary N) is 3. The number of hydrogen-bond donors (Lipinski definition) is 3. The fourth-order valence-electron chi connectivity index (χ4n) is 2.20. The molecule has 0 aliphatic rings. The van der Waals surface area contributed by atoms with Crippen molar-refractivity contribution < 1.29 is 23.8 Å². The first-order valence-corrected chi connectivity index (χ1v) is 10.2. The number of halogens is 1. The summed E-state index contributed by atoms with van der Waals surface area (Å²) in [6.45, 7) is 2.21. The number of hydrazine groups is 1. The molecule has 2 rings (SSSR count). The highest BCUT2D eigenvalue weighted by atomic mass is 79.9. The molecule has 3 N–H and O–H groups in total. The molecule has 0 atom stereocenters. The van der Waals surface area contributed by atoms with Gasteiger partial charge in [0.1, 0.15) is 17.2 Å². The Morgan fingerprint density at radius 3 is 2.40 bits per heavy atom. The number of amides is 2. The van der Waals surface area contributed by atoms with E-state index in [1.807, 2.05) is 6.92 Å². The maximum Gasteiger partial charge on any atom is 0.276 e. The summed E-state index contributed by atoms with van der Waals surface area (Å²) in [7, 11) is 1.56. The Labute approximate surface area is 188 Å². The lowest BCUT2D eigenvalue weighted by Gasteiger charge is -2.14. The Morgan fingerprint density at radius 1 is 1.03 bits per heavy atom. The van der Waals surface area contributed by atoms with Crippen LogP contribution in [-0.4, -0.2) is 37.3 Å². The molecule has 0 saturated carbocycles. The number of carbonyl (C=O) groups excluding carboxylic acids is 2. The number of methoxy groups -OCH3 is 1. The van der Waals surface area contributed by atoms with Gasteiger partial charge >= 0.3 is 0 Å². The molecule has 0 fully saturated rings. The summed E-state index contributed by atoms with van der Waals surface area (Å²) < 4.78 is 16.7. The van der Waals surface area contributed by atoms with E-state index in [9.17, 15) is 9.59 Å². The van der Waals surface area contributed by atoms with Gasteiger partial charge in [0.25, 0.3) is 11.8 Å². The summed E-state index contributed by atoms with van der Waals surface area (Å²) in [6, 6.07) is 11.9. The van der Waals surface area contributed by atoms with Gasteiger partial charge in [-0.1, -0.05) is 22.9 Å². The van der Waals surface area contributed by atoms with Gasteiger partial charge in [0, 0.05) is 4.47 Å². The number of rotatable bonds is 8. The normalized spacial score (nSPS) is 9.97. The molecular weight excluding hydrogens is 474 g/mol. The van der Waals surface area contributed by atoms with Crippen molar-refractivity contribution in [2.45, 2.75) is 13.3 Å². The topological polar surface area (TPSA) is 97.9 Å². The van der Waals surface area contributed by atoms with E-state index >= 15 is 0 Å². The monoisotopic (exact) mass is 495 g/mol. The van der Waals surface area contributed by atoms with Crippen LogP contribution in [0.1, 0.15) is 23.7 Å². The average molecular weight is 496 g/mol. The molecule has 2 amide bonds. The Kier molecular flexibility index (Phi) is 9.36. The summed E-state index contributed by atoms with van der Waals surface area (Å²) in [5.41, 5.74) is 5.14. The lowest BCUT2D eigenvalue weighted by Crippen LogP contribution is -2.49. The maximum atomic E-state index is 12.5. The van der Waals surface area contributed by atoms with Crippen molar-refractivity contribution in [2.75, 3.05) is 20.3 Å². The minimum Gasteiger partial charge on any atom is -0.497 e. The standard InChI is InChI=1S/C20H22BrN3O5S/c1-3-10-28-17-9-4-13(21)11-16(17)19(26)22-20(30)24-23-18(25)12-29-15-7-5-14(27-2)6-8-15/h4-9,11H,3,10,12H2,1-2H3,(H,23,25)(H2,22,24,26,30). The molecule has 0 heterocycles. The van der Waals surface area contributed by atoms with Crippen molar-refractivity contribution in [3.05, 3.63) is 52.5 Å². The van der Waals surface area contributed by atoms with Crippen molar-refractivity contribution in [3.63, 3.8) is 0 Å². The molecule has 0 aromatic heterocycles. The van der Waals surface area contributed by atoms with Crippen LogP contribution in [0.3, 0.4) is 0 Å². The van der Waals surface area contributed by atoms with Crippen molar-refractivity contribution >= 4 is 45.1 Å². The second kappa shape index (κ2) is 12.0. The van der Waals surface area contributed by atoms with Crippen LogP contribution in [0.5, 0.6) is 17.2 Å². The molecule has 0 unspecified atom stereocenters. The van der Waals surface area contributed by atoms with Crippen LogP contribution >= 0.6 is 28.1 Å². The summed E-state index contributed by atoms with van der Waals surface area (Å²) in [5, 5.41) is 2.42. The van der Waals surface area contributed by atoms with E-state index in [0.717, 1.165) is 10.9 Å². The largest absolute Gasteiger partial charge is 0.497 e. The van der Waals surface area contributed by atoms with Gasteiger partial charge in [0.15, 0.2) is 11.7 Å². The Bertz CT molecular complexity index is 893. The van der Waals surface area contributed by atoms with Crippen LogP contribution in [0, 0.1) is 0 Å². The smallest absolute Gasteiger partial charge is 0.276 e. The van der Waals surface area contributed by atoms with Crippen molar-refractivity contribution in [3.8, 4) is 17.2 Å². The molecule has 30 heavy (non-hydrogen) atoms. The third-order valence-corrected chi connectivity index (χ3v) is 4.32. The van der Waals surface area contributed by atoms with Crippen LogP contribution in [0.15, 0.2) is 46.9 Å². The molecule has 0 aliphatic carbocycles. The molecule has 10 heteroatoms. The lowest BCUT2D eigenvalue weighted by molar-refractivity contribution is -0.123. The van der Waals surface area contributed by atoms with Gasteiger partial charge in [-0.25, -0.2) is 0 Å². The van der Waals surface area contributed by atoms with Crippen LogP contribution in [0.25, 0.3) is 0 Å². The first kappa shape index (κ1) is 23.4. The van der Waals surface area contributed by atoms with E-state index < -0.39 is 11.8 Å². The fourth-order valence-corrected chi connectivity index (χ4v) is 2.71. The minimum atomic E-state index is -0.475. The molecule has 2 aromatic carbocycles. The van der Waals surface area contributed by atoms with Crippen LogP contribution in [0.4, 0.5) is 0 Å². The Hall–Kier alpha value is -2.85. The van der Waals surface area contributed by atoms with E-state index in [0.29, 0.717) is 29.4 Å². The molecule has 8 nitrogen and oxygen atoms in total. The number of thiocarbonyl (C=S) groups is 1. The predicted octanol–water partition coefficient (Wildman–Crippen LogP) is 2.96. The Balaban J connectivity index is 1.81. The number of benzene rings is 2. The highest BCUT2D eigenvalue weighted by molar-refractivity contribution is 9.10. The van der Waals surface area contributed by atoms with E-state index in [1.54, 1.807) is 49.6 Å². The zero-order valence-corrected chi connectivity index (χ0v) is 18.9. The third-order valence-electron chi connectivity index (χ3n) is 3.62. The molecule has 2 aromatic rings. The maximum absolute atomic E-state index is 12.5. The second-order valence-corrected chi connectivity index (χ2v) is 7.23. The molecule has 0 aliphatic heterocycles. The van der Waals surface area contributed by atoms with Gasteiger partial charge < -0.3 is 14.2 Å². The van der Waals surface area contributed by atoms with E-state index in [2.05, 4.69) is 32.1 Å². The third kappa shape index (κ3) is 7.53. The average Bonchev–Trinajstić information content (AvgIpc) is 2.75. The Morgan fingerprint density at radius 2 is 1.73 bits per heavy atom. The summed E-state index contributed by atoms with van der Waals surface area (Å²) in [4.78, 5) is 24.4. The quantitative estimate of drug-likeness (QED) is 0.382. The zero-order chi connectivity index (χ0) is 21.9. The minimum absolute atomic E-state index is 0.0702. The number of hydrogen-bond acceptors (Lipinski definition) is 6. The highest BCUT2D eigenvalue weighted by Gasteiger charge is 2.15. The van der Waals surface area contributed by atoms with Crippen LogP contribution < -0.4 is 30.4 Å². The summed E-state index contributed by atoms with van der Waals surface area (Å²) in [5.74, 6) is 0.692. The molecule has 160 valence electrons. The van der Waals surface area contributed by atoms with Crippen molar-refractivity contribution in [2.24, 2.45) is 0 Å². The summed E-state index contributed by atoms with van der Waals surface area (Å²) in [6.07, 6.45) is 0.807. The molecule has 0 saturated heterocycles. The molecule has 0 radical (unpaired) electrons. The van der Waals surface area contributed by atoms with E-state index in [-0.39, 0.29) is 11.7 Å². The highest BCUT2D eigenvalue weighted by Crippen LogP contribution is 2.23. The second-order valence-electron chi connectivity index (χ2n) is 5.91. The van der Waals surface area contributed by atoms with E-state index in [4.69, 9.17) is 26.4 Å². The van der Waals surface area contributed by atoms with Gasteiger partial charge in [-0.15, -0.1) is 0 Å². The van der Waals surface area contributed by atoms with Gasteiger partial charge in [-0.2, -0.15) is 0 Å². The molecule has 0 spiro atoms. The SMILES string of the molecule is CCCOc1ccc(Br)cc1C(=O)NC(=S)NNC(=O)COc1ccc(OC)cc1. The summed E-state index contributed by atoms with van der Waals surface area (Å²) >= 11 is 8.38. The van der Waals surface area contributed by atoms with Crippen molar-refractivity contribution in [1.29, 1.82) is 0 Å². The van der Waals surface area contributed by atoms with Crippen LogP contribution in [0.2, 0.25) is 0 Å². The lowest BCUT2D eigenvalue weighted by atomic mass is 10.2. The van der Waals surface area contributed by atoms with Crippen LogP contribution in [-0.2, 0) is 4.79 Å². The fraction of sp³-hybridized carbons (Fsp3) is 0.250. The van der Waals surface area contributed by atoms with E-state index in [1.165, 1.54) is 0 Å². The van der Waals surface area contributed by atoms with Crippen molar-refractivity contribution in [1.82, 2.24) is 16.2 Å². The number of carbonyl (C=O) groups is 2.